The molecule has 0 aromatic heterocycles. The Balaban J connectivity index is 3.05. The standard InChI is InChI=1S/C11F14/c12-3-1-2(4(13)6(15)5(3)14)8(17,10(20,21)22)7(1,16)9(18,19)11(23,24)25/t7-,8+/m0/s1. The van der Waals surface area contributed by atoms with Crippen LogP contribution in [0.3, 0.4) is 0 Å². The molecule has 0 heterocycles. The molecule has 2 rings (SSSR count). The predicted octanol–water partition coefficient (Wildman–Crippen LogP) is 5.35. The Hall–Kier alpha value is -1.76. The third-order valence-corrected chi connectivity index (χ3v) is 3.61. The Morgan fingerprint density at radius 3 is 1.12 bits per heavy atom. The Morgan fingerprint density at radius 2 is 0.840 bits per heavy atom. The largest absolute Gasteiger partial charge is 0.457 e. The van der Waals surface area contributed by atoms with Crippen LogP contribution in [0.25, 0.3) is 0 Å². The first-order valence-electron chi connectivity index (χ1n) is 5.65. The quantitative estimate of drug-likeness (QED) is 0.340. The van der Waals surface area contributed by atoms with Crippen LogP contribution in [0.4, 0.5) is 61.5 Å². The molecule has 0 saturated heterocycles. The van der Waals surface area contributed by atoms with Crippen molar-refractivity contribution in [3.8, 4) is 0 Å². The first kappa shape index (κ1) is 19.6. The highest BCUT2D eigenvalue weighted by molar-refractivity contribution is 5.56. The second-order valence-electron chi connectivity index (χ2n) is 4.89. The zero-order valence-electron chi connectivity index (χ0n) is 10.8. The maximum Gasteiger partial charge on any atom is 0.457 e. The molecule has 0 bridgehead atoms. The molecule has 142 valence electrons. The van der Waals surface area contributed by atoms with Gasteiger partial charge >= 0.3 is 18.3 Å². The lowest BCUT2D eigenvalue weighted by Gasteiger charge is -2.52. The van der Waals surface area contributed by atoms with Crippen molar-refractivity contribution in [1.82, 2.24) is 0 Å². The van der Waals surface area contributed by atoms with E-state index in [0.717, 1.165) is 0 Å². The van der Waals surface area contributed by atoms with E-state index in [-0.39, 0.29) is 0 Å². The summed E-state index contributed by atoms with van der Waals surface area (Å²) in [4.78, 5) is 0. The molecule has 0 unspecified atom stereocenters. The highest BCUT2D eigenvalue weighted by Crippen LogP contribution is 2.73. The van der Waals surface area contributed by atoms with Crippen LogP contribution in [0.15, 0.2) is 0 Å². The van der Waals surface area contributed by atoms with E-state index in [2.05, 4.69) is 0 Å². The number of alkyl halides is 10. The van der Waals surface area contributed by atoms with Gasteiger partial charge in [0.2, 0.25) is 0 Å². The van der Waals surface area contributed by atoms with Crippen LogP contribution in [-0.2, 0) is 11.3 Å². The summed E-state index contributed by atoms with van der Waals surface area (Å²) >= 11 is 0. The van der Waals surface area contributed by atoms with E-state index < -0.39 is 64.0 Å². The van der Waals surface area contributed by atoms with Crippen LogP contribution in [-0.4, -0.2) is 18.3 Å². The van der Waals surface area contributed by atoms with E-state index in [4.69, 9.17) is 0 Å². The molecule has 25 heavy (non-hydrogen) atoms. The fraction of sp³-hybridized carbons (Fsp3) is 0.455. The van der Waals surface area contributed by atoms with Crippen LogP contribution in [0.2, 0.25) is 0 Å². The summed E-state index contributed by atoms with van der Waals surface area (Å²) in [6.07, 6.45) is -14.2. The monoisotopic (exact) mass is 398 g/mol. The number of hydrogen-bond acceptors (Lipinski definition) is 0. The second-order valence-corrected chi connectivity index (χ2v) is 4.89. The number of halogens is 14. The van der Waals surface area contributed by atoms with Crippen molar-refractivity contribution in [3.05, 3.63) is 34.4 Å². The SMILES string of the molecule is Fc1c(F)c(F)c2c(c1F)[C@@](F)(C(F)(F)C(F)(F)F)[C@@]2(F)C(F)(F)F. The van der Waals surface area contributed by atoms with Gasteiger partial charge in [0.15, 0.2) is 23.3 Å². The van der Waals surface area contributed by atoms with Crippen LogP contribution >= 0.6 is 0 Å². The Kier molecular flexibility index (Phi) is 3.67. The number of hydrogen-bond donors (Lipinski definition) is 0. The first-order chi connectivity index (χ1) is 10.9. The van der Waals surface area contributed by atoms with Gasteiger partial charge in [-0.25, -0.2) is 26.3 Å². The molecule has 0 saturated carbocycles. The zero-order chi connectivity index (χ0) is 20.0. The van der Waals surface area contributed by atoms with Gasteiger partial charge in [-0.1, -0.05) is 0 Å². The molecule has 0 radical (unpaired) electrons. The summed E-state index contributed by atoms with van der Waals surface area (Å²) in [5, 5.41) is 0. The number of benzene rings is 1. The van der Waals surface area contributed by atoms with Crippen molar-refractivity contribution in [3.63, 3.8) is 0 Å². The minimum Gasteiger partial charge on any atom is -0.227 e. The minimum atomic E-state index is -7.28. The maximum atomic E-state index is 14.2. The summed E-state index contributed by atoms with van der Waals surface area (Å²) < 4.78 is 182. The first-order valence-corrected chi connectivity index (χ1v) is 5.65. The topological polar surface area (TPSA) is 0 Å². The van der Waals surface area contributed by atoms with Crippen LogP contribution in [0.5, 0.6) is 0 Å². The lowest BCUT2D eigenvalue weighted by atomic mass is 9.59. The molecule has 1 aromatic carbocycles. The summed E-state index contributed by atoms with van der Waals surface area (Å²) in [5.74, 6) is -20.3. The molecular formula is C11F14. The van der Waals surface area contributed by atoms with E-state index >= 15 is 0 Å². The van der Waals surface area contributed by atoms with Gasteiger partial charge < -0.3 is 0 Å². The summed E-state index contributed by atoms with van der Waals surface area (Å²) in [6.45, 7) is 0. The average Bonchev–Trinajstić information content (AvgIpc) is 2.44. The molecule has 2 atom stereocenters. The van der Waals surface area contributed by atoms with Gasteiger partial charge in [0.05, 0.1) is 5.56 Å². The predicted molar refractivity (Wildman–Crippen MR) is 48.9 cm³/mol. The normalized spacial score (nSPS) is 27.1. The summed E-state index contributed by atoms with van der Waals surface area (Å²) in [6, 6.07) is 0. The van der Waals surface area contributed by atoms with E-state index in [1.54, 1.807) is 0 Å². The molecule has 1 aromatic rings. The molecular weight excluding hydrogens is 398 g/mol. The van der Waals surface area contributed by atoms with Gasteiger partial charge in [0.1, 0.15) is 0 Å². The second kappa shape index (κ2) is 4.69. The average molecular weight is 398 g/mol. The van der Waals surface area contributed by atoms with Crippen LogP contribution in [0.1, 0.15) is 11.1 Å². The van der Waals surface area contributed by atoms with Crippen molar-refractivity contribution in [2.45, 2.75) is 29.6 Å². The fourth-order valence-corrected chi connectivity index (χ4v) is 2.47. The van der Waals surface area contributed by atoms with Crippen molar-refractivity contribution in [2.24, 2.45) is 0 Å². The minimum absolute atomic E-state index is 3.15. The number of rotatable bonds is 1. The van der Waals surface area contributed by atoms with Crippen LogP contribution in [0, 0.1) is 23.3 Å². The van der Waals surface area contributed by atoms with Gasteiger partial charge in [-0.15, -0.1) is 0 Å². The molecule has 0 fully saturated rings. The summed E-state index contributed by atoms with van der Waals surface area (Å²) in [7, 11) is 0. The summed E-state index contributed by atoms with van der Waals surface area (Å²) in [5.41, 5.74) is -19.5. The van der Waals surface area contributed by atoms with Crippen molar-refractivity contribution >= 4 is 0 Å². The Labute approximate surface area is 127 Å². The fourth-order valence-electron chi connectivity index (χ4n) is 2.47. The van der Waals surface area contributed by atoms with Crippen molar-refractivity contribution in [2.75, 3.05) is 0 Å². The van der Waals surface area contributed by atoms with Gasteiger partial charge in [0, 0.05) is 5.56 Å². The van der Waals surface area contributed by atoms with Crippen LogP contribution < -0.4 is 0 Å². The maximum absolute atomic E-state index is 14.2. The molecule has 0 amide bonds. The van der Waals surface area contributed by atoms with E-state index in [9.17, 15) is 61.5 Å². The van der Waals surface area contributed by atoms with E-state index in [0.29, 0.717) is 0 Å². The lowest BCUT2D eigenvalue weighted by molar-refractivity contribution is -0.403. The molecule has 0 spiro atoms. The molecule has 1 aliphatic rings. The molecule has 14 heteroatoms. The van der Waals surface area contributed by atoms with E-state index in [1.807, 2.05) is 0 Å². The van der Waals surface area contributed by atoms with E-state index in [1.165, 1.54) is 0 Å². The highest BCUT2D eigenvalue weighted by atomic mass is 19.4. The van der Waals surface area contributed by atoms with Gasteiger partial charge in [-0.2, -0.15) is 35.1 Å². The van der Waals surface area contributed by atoms with Gasteiger partial charge in [-0.3, -0.25) is 0 Å². The van der Waals surface area contributed by atoms with Gasteiger partial charge in [0.25, 0.3) is 11.3 Å². The third kappa shape index (κ3) is 1.85. The zero-order valence-corrected chi connectivity index (χ0v) is 10.8. The lowest BCUT2D eigenvalue weighted by Crippen LogP contribution is -2.72. The van der Waals surface area contributed by atoms with Crippen molar-refractivity contribution < 1.29 is 61.5 Å². The van der Waals surface area contributed by atoms with Gasteiger partial charge in [-0.05, 0) is 0 Å². The highest BCUT2D eigenvalue weighted by Gasteiger charge is 2.93. The Morgan fingerprint density at radius 1 is 0.520 bits per heavy atom. The third-order valence-electron chi connectivity index (χ3n) is 3.61. The molecule has 0 nitrogen and oxygen atoms in total. The molecule has 0 N–H and O–H groups in total. The molecule has 1 aliphatic carbocycles. The Bertz CT molecular complexity index is 743. The molecule has 0 aliphatic heterocycles. The number of fused-ring (bicyclic) bond motifs is 1. The van der Waals surface area contributed by atoms with Crippen molar-refractivity contribution in [1.29, 1.82) is 0 Å². The smallest absolute Gasteiger partial charge is 0.227 e.